The second-order valence-electron chi connectivity index (χ2n) is 4.82. The van der Waals surface area contributed by atoms with E-state index in [0.717, 1.165) is 11.5 Å². The van der Waals surface area contributed by atoms with Gasteiger partial charge < -0.3 is 5.11 Å². The van der Waals surface area contributed by atoms with Crippen LogP contribution in [0.3, 0.4) is 0 Å². The lowest BCUT2D eigenvalue weighted by Gasteiger charge is -2.32. The highest BCUT2D eigenvalue weighted by molar-refractivity contribution is 7.99. The zero-order valence-corrected chi connectivity index (χ0v) is 13.0. The molecule has 1 heterocycles. The molecular formula is C13H17NO4S2. The van der Waals surface area contributed by atoms with E-state index in [4.69, 9.17) is 5.11 Å². The highest BCUT2D eigenvalue weighted by atomic mass is 32.2. The fourth-order valence-electron chi connectivity index (χ4n) is 2.20. The van der Waals surface area contributed by atoms with Crippen molar-refractivity contribution in [2.45, 2.75) is 24.8 Å². The van der Waals surface area contributed by atoms with E-state index in [9.17, 15) is 13.2 Å². The molecule has 1 saturated heterocycles. The Hall–Kier alpha value is -1.05. The molecule has 110 valence electrons. The molecule has 0 aromatic heterocycles. The van der Waals surface area contributed by atoms with Gasteiger partial charge in [0.15, 0.2) is 0 Å². The van der Waals surface area contributed by atoms with Crippen LogP contribution in [-0.4, -0.2) is 47.9 Å². The van der Waals surface area contributed by atoms with Gasteiger partial charge in [-0.15, -0.1) is 0 Å². The maximum Gasteiger partial charge on any atom is 0.335 e. The van der Waals surface area contributed by atoms with Gasteiger partial charge in [0.25, 0.3) is 0 Å². The van der Waals surface area contributed by atoms with Gasteiger partial charge in [0.1, 0.15) is 0 Å². The molecule has 5 nitrogen and oxygen atoms in total. The van der Waals surface area contributed by atoms with Crippen LogP contribution >= 0.6 is 11.8 Å². The molecule has 0 amide bonds. The van der Waals surface area contributed by atoms with E-state index in [1.807, 2.05) is 6.92 Å². The van der Waals surface area contributed by atoms with E-state index >= 15 is 0 Å². The molecular weight excluding hydrogens is 298 g/mol. The molecule has 1 fully saturated rings. The number of rotatable bonds is 3. The van der Waals surface area contributed by atoms with Crippen LogP contribution in [0.25, 0.3) is 0 Å². The summed E-state index contributed by atoms with van der Waals surface area (Å²) in [4.78, 5) is 11.2. The van der Waals surface area contributed by atoms with Gasteiger partial charge in [-0.3, -0.25) is 0 Å². The van der Waals surface area contributed by atoms with Crippen molar-refractivity contribution in [2.75, 3.05) is 18.1 Å². The molecule has 0 bridgehead atoms. The van der Waals surface area contributed by atoms with Crippen LogP contribution in [0.1, 0.15) is 22.8 Å². The van der Waals surface area contributed by atoms with Crippen molar-refractivity contribution in [3.8, 4) is 0 Å². The maximum atomic E-state index is 12.6. The Morgan fingerprint density at radius 1 is 1.45 bits per heavy atom. The lowest BCUT2D eigenvalue weighted by Crippen LogP contribution is -2.44. The predicted octanol–water partition coefficient (Wildman–Crippen LogP) is 1.82. The molecule has 7 heteroatoms. The number of thioether (sulfide) groups is 1. The van der Waals surface area contributed by atoms with E-state index < -0.39 is 16.0 Å². The molecule has 0 saturated carbocycles. The Bertz CT molecular complexity index is 627. The monoisotopic (exact) mass is 315 g/mol. The molecule has 1 aliphatic heterocycles. The normalized spacial score (nSPS) is 20.8. The van der Waals surface area contributed by atoms with Gasteiger partial charge in [0.05, 0.1) is 10.5 Å². The highest BCUT2D eigenvalue weighted by Gasteiger charge is 2.31. The number of hydrogen-bond donors (Lipinski definition) is 1. The van der Waals surface area contributed by atoms with Crippen LogP contribution < -0.4 is 0 Å². The first kappa shape index (κ1) is 15.3. The van der Waals surface area contributed by atoms with Gasteiger partial charge in [0, 0.05) is 24.1 Å². The number of hydrogen-bond acceptors (Lipinski definition) is 4. The van der Waals surface area contributed by atoms with E-state index in [0.29, 0.717) is 12.1 Å². The molecule has 0 radical (unpaired) electrons. The topological polar surface area (TPSA) is 74.7 Å². The Morgan fingerprint density at radius 2 is 2.15 bits per heavy atom. The van der Waals surface area contributed by atoms with Gasteiger partial charge in [-0.25, -0.2) is 13.2 Å². The SMILES string of the molecule is Cc1ccc(S(=O)(=O)N2CCSCC2C)cc1C(=O)O. The van der Waals surface area contributed by atoms with Crippen LogP contribution in [0.2, 0.25) is 0 Å². The summed E-state index contributed by atoms with van der Waals surface area (Å²) >= 11 is 1.73. The second kappa shape index (κ2) is 5.75. The molecule has 1 aromatic rings. The van der Waals surface area contributed by atoms with Crippen LogP contribution in [0.15, 0.2) is 23.1 Å². The first-order valence-electron chi connectivity index (χ1n) is 6.27. The van der Waals surface area contributed by atoms with Crippen LogP contribution in [0.4, 0.5) is 0 Å². The number of aromatic carboxylic acids is 1. The Kier molecular flexibility index (Phi) is 4.41. The lowest BCUT2D eigenvalue weighted by atomic mass is 10.1. The van der Waals surface area contributed by atoms with E-state index in [1.165, 1.54) is 16.4 Å². The van der Waals surface area contributed by atoms with Crippen LogP contribution in [-0.2, 0) is 10.0 Å². The lowest BCUT2D eigenvalue weighted by molar-refractivity contribution is 0.0696. The summed E-state index contributed by atoms with van der Waals surface area (Å²) in [6, 6.07) is 4.19. The number of carbonyl (C=O) groups is 1. The highest BCUT2D eigenvalue weighted by Crippen LogP contribution is 2.25. The molecule has 20 heavy (non-hydrogen) atoms. The molecule has 0 aliphatic carbocycles. The van der Waals surface area contributed by atoms with E-state index in [-0.39, 0.29) is 16.5 Å². The number of sulfonamides is 1. The van der Waals surface area contributed by atoms with E-state index in [1.54, 1.807) is 24.8 Å². The molecule has 2 rings (SSSR count). The first-order valence-corrected chi connectivity index (χ1v) is 8.87. The van der Waals surface area contributed by atoms with Crippen LogP contribution in [0, 0.1) is 6.92 Å². The summed E-state index contributed by atoms with van der Waals surface area (Å²) in [6.45, 7) is 3.99. The van der Waals surface area contributed by atoms with Gasteiger partial charge in [-0.2, -0.15) is 16.1 Å². The molecule has 1 unspecified atom stereocenters. The third kappa shape index (κ3) is 2.84. The number of benzene rings is 1. The number of nitrogens with zero attached hydrogens (tertiary/aromatic N) is 1. The quantitative estimate of drug-likeness (QED) is 0.921. The minimum Gasteiger partial charge on any atom is -0.478 e. The van der Waals surface area contributed by atoms with Crippen molar-refractivity contribution in [3.05, 3.63) is 29.3 Å². The molecule has 1 N–H and O–H groups in total. The summed E-state index contributed by atoms with van der Waals surface area (Å²) in [6.07, 6.45) is 0. The summed E-state index contributed by atoms with van der Waals surface area (Å²) in [5.74, 6) is 0.416. The molecule has 1 aliphatic rings. The number of carboxylic acids is 1. The minimum absolute atomic E-state index is 0.0325. The largest absolute Gasteiger partial charge is 0.478 e. The third-order valence-corrected chi connectivity index (χ3v) is 6.55. The fourth-order valence-corrected chi connectivity index (χ4v) is 5.08. The van der Waals surface area contributed by atoms with Crippen molar-refractivity contribution in [1.82, 2.24) is 4.31 Å². The van der Waals surface area contributed by atoms with Crippen molar-refractivity contribution in [2.24, 2.45) is 0 Å². The average Bonchev–Trinajstić information content (AvgIpc) is 2.38. The van der Waals surface area contributed by atoms with Gasteiger partial charge in [0.2, 0.25) is 10.0 Å². The first-order chi connectivity index (χ1) is 9.34. The number of aryl methyl sites for hydroxylation is 1. The minimum atomic E-state index is -3.63. The number of carboxylic acid groups (broad SMARTS) is 1. The summed E-state index contributed by atoms with van der Waals surface area (Å²) < 4.78 is 26.7. The van der Waals surface area contributed by atoms with Crippen molar-refractivity contribution in [3.63, 3.8) is 0 Å². The van der Waals surface area contributed by atoms with Crippen molar-refractivity contribution in [1.29, 1.82) is 0 Å². The molecule has 0 spiro atoms. The summed E-state index contributed by atoms with van der Waals surface area (Å²) in [5.41, 5.74) is 0.587. The third-order valence-electron chi connectivity index (χ3n) is 3.35. The van der Waals surface area contributed by atoms with Gasteiger partial charge >= 0.3 is 5.97 Å². The predicted molar refractivity (Wildman–Crippen MR) is 78.8 cm³/mol. The van der Waals surface area contributed by atoms with Crippen molar-refractivity contribution < 1.29 is 18.3 Å². The molecule has 1 aromatic carbocycles. The Labute approximate surface area is 123 Å². The van der Waals surface area contributed by atoms with E-state index in [2.05, 4.69) is 0 Å². The standard InChI is InChI=1S/C13H17NO4S2/c1-9-3-4-11(7-12(9)13(15)16)20(17,18)14-5-6-19-8-10(14)2/h3-4,7,10H,5-6,8H2,1-2H3,(H,15,16). The molecule has 1 atom stereocenters. The Morgan fingerprint density at radius 3 is 2.75 bits per heavy atom. The smallest absolute Gasteiger partial charge is 0.335 e. The fraction of sp³-hybridized carbons (Fsp3) is 0.462. The average molecular weight is 315 g/mol. The maximum absolute atomic E-state index is 12.6. The van der Waals surface area contributed by atoms with Gasteiger partial charge in [-0.05, 0) is 31.5 Å². The Balaban J connectivity index is 2.44. The van der Waals surface area contributed by atoms with Crippen molar-refractivity contribution >= 4 is 27.8 Å². The second-order valence-corrected chi connectivity index (χ2v) is 7.86. The van der Waals surface area contributed by atoms with Gasteiger partial charge in [-0.1, -0.05) is 6.07 Å². The zero-order chi connectivity index (χ0) is 14.9. The summed E-state index contributed by atoms with van der Waals surface area (Å²) in [7, 11) is -3.63. The van der Waals surface area contributed by atoms with Crippen LogP contribution in [0.5, 0.6) is 0 Å². The zero-order valence-electron chi connectivity index (χ0n) is 11.4. The summed E-state index contributed by atoms with van der Waals surface area (Å²) in [5, 5.41) is 9.11.